The minimum absolute atomic E-state index is 0.0359. The third-order valence-corrected chi connectivity index (χ3v) is 2.06. The van der Waals surface area contributed by atoms with Crippen molar-refractivity contribution >= 4 is 5.97 Å². The minimum atomic E-state index is -4.96. The molecule has 9 heteroatoms. The molecule has 0 atom stereocenters. The Morgan fingerprint density at radius 2 is 2.16 bits per heavy atom. The van der Waals surface area contributed by atoms with Gasteiger partial charge >= 0.3 is 12.3 Å². The van der Waals surface area contributed by atoms with E-state index in [1.54, 1.807) is 0 Å². The van der Waals surface area contributed by atoms with Gasteiger partial charge in [0.05, 0.1) is 13.5 Å². The first-order valence-corrected chi connectivity index (χ1v) is 5.01. The number of rotatable bonds is 5. The Morgan fingerprint density at radius 1 is 1.53 bits per heavy atom. The molecule has 0 aliphatic heterocycles. The molecule has 0 radical (unpaired) electrons. The second-order valence-electron chi connectivity index (χ2n) is 3.42. The fourth-order valence-electron chi connectivity index (χ4n) is 1.39. The molecular formula is C10H11F3N2O4. The summed E-state index contributed by atoms with van der Waals surface area (Å²) in [6.07, 6.45) is -5.63. The van der Waals surface area contributed by atoms with Gasteiger partial charge in [-0.1, -0.05) is 0 Å². The number of carboxylic acids is 1. The van der Waals surface area contributed by atoms with E-state index in [-0.39, 0.29) is 23.7 Å². The standard InChI is InChI=1S/C10H11F3N2O4/c1-18-7-2-5(3-8(16)17)9(6(4-14)15-7)19-10(11,12)13/h2H,3-4,14H2,1H3,(H,16,17). The van der Waals surface area contributed by atoms with Gasteiger partial charge in [-0.3, -0.25) is 4.79 Å². The van der Waals surface area contributed by atoms with Gasteiger partial charge < -0.3 is 20.3 Å². The van der Waals surface area contributed by atoms with Gasteiger partial charge in [0.2, 0.25) is 5.88 Å². The van der Waals surface area contributed by atoms with Crippen LogP contribution >= 0.6 is 0 Å². The Hall–Kier alpha value is -2.03. The lowest BCUT2D eigenvalue weighted by molar-refractivity contribution is -0.275. The van der Waals surface area contributed by atoms with Crippen LogP contribution < -0.4 is 15.2 Å². The van der Waals surface area contributed by atoms with Crippen LogP contribution in [0.1, 0.15) is 11.3 Å². The number of carbonyl (C=O) groups is 1. The maximum absolute atomic E-state index is 12.3. The molecule has 0 aliphatic carbocycles. The van der Waals surface area contributed by atoms with Crippen molar-refractivity contribution in [2.24, 2.45) is 5.73 Å². The number of methoxy groups -OCH3 is 1. The van der Waals surface area contributed by atoms with Crippen molar-refractivity contribution in [2.75, 3.05) is 7.11 Å². The van der Waals surface area contributed by atoms with E-state index in [4.69, 9.17) is 15.6 Å². The van der Waals surface area contributed by atoms with Gasteiger partial charge in [-0.25, -0.2) is 4.98 Å². The second kappa shape index (κ2) is 5.74. The lowest BCUT2D eigenvalue weighted by Gasteiger charge is -2.16. The topological polar surface area (TPSA) is 94.7 Å². The summed E-state index contributed by atoms with van der Waals surface area (Å²) in [5, 5.41) is 8.69. The number of hydrogen-bond donors (Lipinski definition) is 2. The van der Waals surface area contributed by atoms with Crippen LogP contribution in [-0.2, 0) is 17.8 Å². The van der Waals surface area contributed by atoms with Crippen molar-refractivity contribution < 1.29 is 32.5 Å². The second-order valence-corrected chi connectivity index (χ2v) is 3.42. The highest BCUT2D eigenvalue weighted by atomic mass is 19.4. The van der Waals surface area contributed by atoms with Crippen LogP contribution in [0.5, 0.6) is 11.6 Å². The van der Waals surface area contributed by atoms with Crippen molar-refractivity contribution in [3.8, 4) is 11.6 Å². The normalized spacial score (nSPS) is 11.2. The average molecular weight is 280 g/mol. The first kappa shape index (κ1) is 15.0. The summed E-state index contributed by atoms with van der Waals surface area (Å²) >= 11 is 0. The maximum atomic E-state index is 12.3. The zero-order valence-corrected chi connectivity index (χ0v) is 9.82. The van der Waals surface area contributed by atoms with Crippen LogP contribution in [0.3, 0.4) is 0 Å². The zero-order valence-electron chi connectivity index (χ0n) is 9.82. The maximum Gasteiger partial charge on any atom is 0.573 e. The van der Waals surface area contributed by atoms with Crippen molar-refractivity contribution in [3.63, 3.8) is 0 Å². The predicted octanol–water partition coefficient (Wildman–Crippen LogP) is 1.07. The SMILES string of the molecule is COc1cc(CC(=O)O)c(OC(F)(F)F)c(CN)n1. The summed E-state index contributed by atoms with van der Waals surface area (Å²) in [6, 6.07) is 1.06. The number of aliphatic carboxylic acids is 1. The summed E-state index contributed by atoms with van der Waals surface area (Å²) < 4.78 is 45.4. The van der Waals surface area contributed by atoms with Gasteiger partial charge in [0.1, 0.15) is 5.69 Å². The molecule has 1 heterocycles. The highest BCUT2D eigenvalue weighted by Gasteiger charge is 2.34. The summed E-state index contributed by atoms with van der Waals surface area (Å²) in [4.78, 5) is 14.4. The Bertz CT molecular complexity index is 477. The molecule has 19 heavy (non-hydrogen) atoms. The number of pyridine rings is 1. The summed E-state index contributed by atoms with van der Waals surface area (Å²) in [5.41, 5.74) is 4.84. The van der Waals surface area contributed by atoms with Gasteiger partial charge in [-0.15, -0.1) is 13.2 Å². The van der Waals surface area contributed by atoms with E-state index in [1.165, 1.54) is 7.11 Å². The predicted molar refractivity (Wildman–Crippen MR) is 56.7 cm³/mol. The Kier molecular flexibility index (Phi) is 4.54. The number of carboxylic acid groups (broad SMARTS) is 1. The zero-order chi connectivity index (χ0) is 14.6. The molecule has 6 nitrogen and oxygen atoms in total. The van der Waals surface area contributed by atoms with E-state index in [0.717, 1.165) is 6.07 Å². The van der Waals surface area contributed by atoms with E-state index < -0.39 is 24.5 Å². The number of halogens is 3. The lowest BCUT2D eigenvalue weighted by atomic mass is 10.1. The van der Waals surface area contributed by atoms with Gasteiger partial charge in [-0.2, -0.15) is 0 Å². The van der Waals surface area contributed by atoms with E-state index in [2.05, 4.69) is 9.72 Å². The number of ether oxygens (including phenoxy) is 2. The number of aromatic nitrogens is 1. The van der Waals surface area contributed by atoms with Crippen LogP contribution in [0.4, 0.5) is 13.2 Å². The molecule has 1 aromatic heterocycles. The summed E-state index contributed by atoms with van der Waals surface area (Å²) in [5.74, 6) is -2.05. The van der Waals surface area contributed by atoms with Crippen molar-refractivity contribution in [3.05, 3.63) is 17.3 Å². The van der Waals surface area contributed by atoms with Crippen molar-refractivity contribution in [1.29, 1.82) is 0 Å². The molecule has 0 amide bonds. The molecule has 106 valence electrons. The Balaban J connectivity index is 3.32. The highest BCUT2D eigenvalue weighted by Crippen LogP contribution is 2.31. The molecule has 3 N–H and O–H groups in total. The number of hydrogen-bond acceptors (Lipinski definition) is 5. The number of alkyl halides is 3. The van der Waals surface area contributed by atoms with Crippen LogP contribution in [0.15, 0.2) is 6.07 Å². The smallest absolute Gasteiger partial charge is 0.481 e. The van der Waals surface area contributed by atoms with Gasteiger partial charge in [-0.05, 0) is 0 Å². The van der Waals surface area contributed by atoms with E-state index in [1.807, 2.05) is 0 Å². The molecule has 0 saturated carbocycles. The average Bonchev–Trinajstić information content (AvgIpc) is 2.28. The molecule has 0 spiro atoms. The van der Waals surface area contributed by atoms with Crippen LogP contribution in [0.2, 0.25) is 0 Å². The third kappa shape index (κ3) is 4.28. The highest BCUT2D eigenvalue weighted by molar-refractivity contribution is 5.71. The lowest BCUT2D eigenvalue weighted by Crippen LogP contribution is -2.21. The summed E-state index contributed by atoms with van der Waals surface area (Å²) in [6.45, 7) is -0.352. The fraction of sp³-hybridized carbons (Fsp3) is 0.400. The summed E-state index contributed by atoms with van der Waals surface area (Å²) in [7, 11) is 1.25. The Morgan fingerprint density at radius 3 is 2.58 bits per heavy atom. The Labute approximate surface area is 105 Å². The molecule has 1 aromatic rings. The molecular weight excluding hydrogens is 269 g/mol. The third-order valence-electron chi connectivity index (χ3n) is 2.06. The monoisotopic (exact) mass is 280 g/mol. The van der Waals surface area contributed by atoms with Gasteiger partial charge in [0.25, 0.3) is 0 Å². The molecule has 0 saturated heterocycles. The molecule has 0 bridgehead atoms. The van der Waals surface area contributed by atoms with Crippen molar-refractivity contribution in [1.82, 2.24) is 4.98 Å². The van der Waals surface area contributed by atoms with Crippen LogP contribution in [0.25, 0.3) is 0 Å². The molecule has 1 rings (SSSR count). The quantitative estimate of drug-likeness (QED) is 0.838. The fourth-order valence-corrected chi connectivity index (χ4v) is 1.39. The van der Waals surface area contributed by atoms with Crippen molar-refractivity contribution in [2.45, 2.75) is 19.3 Å². The van der Waals surface area contributed by atoms with E-state index in [9.17, 15) is 18.0 Å². The first-order valence-electron chi connectivity index (χ1n) is 5.01. The molecule has 0 unspecified atom stereocenters. The van der Waals surface area contributed by atoms with Crippen LogP contribution in [-0.4, -0.2) is 29.5 Å². The van der Waals surface area contributed by atoms with Gasteiger partial charge in [0.15, 0.2) is 5.75 Å². The van der Waals surface area contributed by atoms with E-state index in [0.29, 0.717) is 0 Å². The molecule has 0 fully saturated rings. The largest absolute Gasteiger partial charge is 0.573 e. The molecule has 0 aliphatic rings. The van der Waals surface area contributed by atoms with Gasteiger partial charge in [0, 0.05) is 18.2 Å². The minimum Gasteiger partial charge on any atom is -0.481 e. The molecule has 0 aromatic carbocycles. The number of nitrogens with zero attached hydrogens (tertiary/aromatic N) is 1. The first-order chi connectivity index (χ1) is 8.76. The van der Waals surface area contributed by atoms with E-state index >= 15 is 0 Å². The van der Waals surface area contributed by atoms with Crippen LogP contribution in [0, 0.1) is 0 Å². The number of nitrogens with two attached hydrogens (primary N) is 1.